The summed E-state index contributed by atoms with van der Waals surface area (Å²) >= 11 is 0. The molecule has 0 aromatic heterocycles. The van der Waals surface area contributed by atoms with Crippen LogP contribution in [0.15, 0.2) is 24.3 Å². The Hall–Kier alpha value is -1.31. The number of hydrogen-bond donors (Lipinski definition) is 0. The molecule has 2 heteroatoms. The molecule has 29 heavy (non-hydrogen) atoms. The molecule has 2 nitrogen and oxygen atoms in total. The summed E-state index contributed by atoms with van der Waals surface area (Å²) in [4.78, 5) is 12.6. The summed E-state index contributed by atoms with van der Waals surface area (Å²) in [5.74, 6) is 3.57. The first-order chi connectivity index (χ1) is 14.2. The third kappa shape index (κ3) is 6.86. The van der Waals surface area contributed by atoms with Gasteiger partial charge in [0.1, 0.15) is 5.75 Å². The summed E-state index contributed by atoms with van der Waals surface area (Å²) in [5, 5.41) is 0. The van der Waals surface area contributed by atoms with Crippen molar-refractivity contribution in [3.8, 4) is 5.75 Å². The Bertz CT molecular complexity index is 589. The van der Waals surface area contributed by atoms with E-state index >= 15 is 0 Å². The molecule has 2 fully saturated rings. The van der Waals surface area contributed by atoms with E-state index in [2.05, 4.69) is 26.0 Å². The van der Waals surface area contributed by atoms with Crippen molar-refractivity contribution in [1.29, 1.82) is 0 Å². The van der Waals surface area contributed by atoms with Gasteiger partial charge in [-0.25, -0.2) is 0 Å². The first-order valence-corrected chi connectivity index (χ1v) is 12.5. The molecule has 162 valence electrons. The third-order valence-corrected chi connectivity index (χ3v) is 7.59. The lowest BCUT2D eigenvalue weighted by Gasteiger charge is -2.37. The number of ether oxygens (including phenoxy) is 1. The molecule has 0 amide bonds. The van der Waals surface area contributed by atoms with Crippen molar-refractivity contribution in [3.05, 3.63) is 29.8 Å². The van der Waals surface area contributed by atoms with Gasteiger partial charge in [-0.1, -0.05) is 64.5 Å². The molecular weight excluding hydrogens is 356 g/mol. The maximum Gasteiger partial charge on any atom is 0.314 e. The molecule has 0 heterocycles. The summed E-state index contributed by atoms with van der Waals surface area (Å²) in [6, 6.07) is 8.13. The monoisotopic (exact) mass is 398 g/mol. The Kier molecular flexibility index (Phi) is 9.08. The Morgan fingerprint density at radius 3 is 2.00 bits per heavy atom. The molecule has 0 N–H and O–H groups in total. The molecule has 0 aliphatic heterocycles. The van der Waals surface area contributed by atoms with E-state index in [1.54, 1.807) is 0 Å². The fraction of sp³-hybridized carbons (Fsp3) is 0.741. The van der Waals surface area contributed by atoms with Crippen molar-refractivity contribution >= 4 is 5.97 Å². The minimum Gasteiger partial charge on any atom is -0.426 e. The predicted octanol–water partition coefficient (Wildman–Crippen LogP) is 7.74. The summed E-state index contributed by atoms with van der Waals surface area (Å²) in [5.41, 5.74) is 1.33. The van der Waals surface area contributed by atoms with Crippen LogP contribution >= 0.6 is 0 Å². The molecule has 0 bridgehead atoms. The van der Waals surface area contributed by atoms with Gasteiger partial charge in [0.2, 0.25) is 0 Å². The van der Waals surface area contributed by atoms with Crippen LogP contribution in [0, 0.1) is 23.7 Å². The lowest BCUT2D eigenvalue weighted by molar-refractivity contribution is -0.140. The van der Waals surface area contributed by atoms with E-state index in [0.717, 1.165) is 37.0 Å². The first kappa shape index (κ1) is 22.4. The quantitative estimate of drug-likeness (QED) is 0.314. The zero-order valence-corrected chi connectivity index (χ0v) is 18.8. The average molecular weight is 399 g/mol. The minimum absolute atomic E-state index is 0.00645. The Labute approximate surface area is 178 Å². The van der Waals surface area contributed by atoms with E-state index < -0.39 is 0 Å². The van der Waals surface area contributed by atoms with E-state index in [4.69, 9.17) is 4.74 Å². The average Bonchev–Trinajstić information content (AvgIpc) is 2.77. The molecule has 0 unspecified atom stereocenters. The lowest BCUT2D eigenvalue weighted by Crippen LogP contribution is -2.30. The molecule has 0 saturated heterocycles. The Balaban J connectivity index is 1.38. The van der Waals surface area contributed by atoms with Crippen LogP contribution in [0.1, 0.15) is 103 Å². The highest BCUT2D eigenvalue weighted by atomic mass is 16.5. The molecule has 2 aliphatic rings. The molecule has 0 spiro atoms. The van der Waals surface area contributed by atoms with Gasteiger partial charge >= 0.3 is 5.97 Å². The zero-order chi connectivity index (χ0) is 20.5. The summed E-state index contributed by atoms with van der Waals surface area (Å²) in [7, 11) is 0. The highest BCUT2D eigenvalue weighted by Gasteiger charge is 2.33. The van der Waals surface area contributed by atoms with Crippen LogP contribution in [0.2, 0.25) is 0 Å². The minimum atomic E-state index is -0.00645. The maximum absolute atomic E-state index is 12.6. The van der Waals surface area contributed by atoms with Crippen molar-refractivity contribution in [3.63, 3.8) is 0 Å². The normalized spacial score (nSPS) is 27.5. The topological polar surface area (TPSA) is 26.3 Å². The third-order valence-electron chi connectivity index (χ3n) is 7.59. The Morgan fingerprint density at radius 1 is 0.828 bits per heavy atom. The molecule has 0 atom stereocenters. The van der Waals surface area contributed by atoms with E-state index in [9.17, 15) is 4.79 Å². The van der Waals surface area contributed by atoms with E-state index in [-0.39, 0.29) is 11.9 Å². The van der Waals surface area contributed by atoms with Crippen molar-refractivity contribution in [2.45, 2.75) is 104 Å². The number of hydrogen-bond acceptors (Lipinski definition) is 2. The summed E-state index contributed by atoms with van der Waals surface area (Å²) < 4.78 is 5.71. The molecule has 3 rings (SSSR count). The Morgan fingerprint density at radius 2 is 1.41 bits per heavy atom. The predicted molar refractivity (Wildman–Crippen MR) is 121 cm³/mol. The van der Waals surface area contributed by atoms with Gasteiger partial charge in [-0.2, -0.15) is 0 Å². The molecule has 2 aliphatic carbocycles. The van der Waals surface area contributed by atoms with Gasteiger partial charge in [0, 0.05) is 0 Å². The van der Waals surface area contributed by atoms with Crippen LogP contribution in [-0.2, 0) is 11.2 Å². The fourth-order valence-corrected chi connectivity index (χ4v) is 5.57. The number of unbranched alkanes of at least 4 members (excludes halogenated alkanes) is 2. The standard InChI is InChI=1S/C27H42O2/c1-3-5-7-21-9-13-23(14-10-21)24-15-17-25(18-16-24)27(28)29-26-19-11-22(12-20-26)8-6-4-2/h11-12,19-21,23-25H,3-10,13-18H2,1-2H3. The summed E-state index contributed by atoms with van der Waals surface area (Å²) in [6.45, 7) is 4.52. The SMILES string of the molecule is CCCCc1ccc(OC(=O)C2CCC(C3CCC(CCCC)CC3)CC2)cc1. The molecular formula is C27H42O2. The largest absolute Gasteiger partial charge is 0.426 e. The van der Waals surface area contributed by atoms with Gasteiger partial charge in [-0.05, 0) is 86.8 Å². The van der Waals surface area contributed by atoms with E-state index in [0.29, 0.717) is 5.75 Å². The van der Waals surface area contributed by atoms with Crippen LogP contribution in [0.5, 0.6) is 5.75 Å². The molecule has 2 saturated carbocycles. The number of rotatable bonds is 9. The zero-order valence-electron chi connectivity index (χ0n) is 18.8. The number of esters is 1. The van der Waals surface area contributed by atoms with E-state index in [1.807, 2.05) is 12.1 Å². The van der Waals surface area contributed by atoms with Crippen LogP contribution in [-0.4, -0.2) is 5.97 Å². The van der Waals surface area contributed by atoms with Gasteiger partial charge in [0.15, 0.2) is 0 Å². The number of carbonyl (C=O) groups excluding carboxylic acids is 1. The van der Waals surface area contributed by atoms with Crippen LogP contribution in [0.4, 0.5) is 0 Å². The second kappa shape index (κ2) is 11.8. The highest BCUT2D eigenvalue weighted by molar-refractivity contribution is 5.75. The number of carbonyl (C=O) groups is 1. The van der Waals surface area contributed by atoms with Crippen molar-refractivity contribution in [2.75, 3.05) is 0 Å². The van der Waals surface area contributed by atoms with Crippen LogP contribution < -0.4 is 4.74 Å². The number of aryl methyl sites for hydroxylation is 1. The van der Waals surface area contributed by atoms with Gasteiger partial charge < -0.3 is 4.74 Å². The van der Waals surface area contributed by atoms with Crippen molar-refractivity contribution in [2.24, 2.45) is 23.7 Å². The van der Waals surface area contributed by atoms with Gasteiger partial charge in [0.25, 0.3) is 0 Å². The van der Waals surface area contributed by atoms with E-state index in [1.165, 1.54) is 76.2 Å². The highest BCUT2D eigenvalue weighted by Crippen LogP contribution is 2.42. The first-order valence-electron chi connectivity index (χ1n) is 12.5. The number of benzene rings is 1. The van der Waals surface area contributed by atoms with Gasteiger partial charge in [-0.3, -0.25) is 4.79 Å². The maximum atomic E-state index is 12.6. The fourth-order valence-electron chi connectivity index (χ4n) is 5.57. The summed E-state index contributed by atoms with van der Waals surface area (Å²) in [6.07, 6.45) is 18.0. The van der Waals surface area contributed by atoms with Crippen molar-refractivity contribution in [1.82, 2.24) is 0 Å². The lowest BCUT2D eigenvalue weighted by atomic mass is 9.68. The van der Waals surface area contributed by atoms with Crippen LogP contribution in [0.25, 0.3) is 0 Å². The van der Waals surface area contributed by atoms with Crippen LogP contribution in [0.3, 0.4) is 0 Å². The smallest absolute Gasteiger partial charge is 0.314 e. The van der Waals surface area contributed by atoms with Gasteiger partial charge in [0.05, 0.1) is 5.92 Å². The molecule has 0 radical (unpaired) electrons. The molecule has 1 aromatic carbocycles. The van der Waals surface area contributed by atoms with Crippen molar-refractivity contribution < 1.29 is 9.53 Å². The second-order valence-corrected chi connectivity index (χ2v) is 9.70. The molecule has 1 aromatic rings. The second-order valence-electron chi connectivity index (χ2n) is 9.70. The van der Waals surface area contributed by atoms with Gasteiger partial charge in [-0.15, -0.1) is 0 Å².